The molecule has 2 rings (SSSR count). The molecule has 0 fully saturated rings. The highest BCUT2D eigenvalue weighted by Crippen LogP contribution is 2.33. The first-order valence-electron chi connectivity index (χ1n) is 3.98. The molecule has 1 aromatic carbocycles. The van der Waals surface area contributed by atoms with E-state index in [1.54, 1.807) is 6.07 Å². The summed E-state index contributed by atoms with van der Waals surface area (Å²) in [7, 11) is 0. The lowest BCUT2D eigenvalue weighted by molar-refractivity contribution is 0.491. The first kappa shape index (κ1) is 8.85. The Balaban J connectivity index is 2.75. The number of benzene rings is 1. The van der Waals surface area contributed by atoms with E-state index in [-0.39, 0.29) is 0 Å². The highest BCUT2D eigenvalue weighted by atomic mass is 35.5. The molecule has 13 heavy (non-hydrogen) atoms. The third-order valence-corrected chi connectivity index (χ3v) is 3.24. The molecule has 0 aliphatic heterocycles. The Hall–Kier alpha value is -0.730. The van der Waals surface area contributed by atoms with Gasteiger partial charge in [-0.3, -0.25) is 0 Å². The Morgan fingerprint density at radius 3 is 2.85 bits per heavy atom. The summed E-state index contributed by atoms with van der Waals surface area (Å²) in [4.78, 5) is 0. The van der Waals surface area contributed by atoms with Crippen molar-refractivity contribution in [3.8, 4) is 5.06 Å². The van der Waals surface area contributed by atoms with E-state index in [2.05, 4.69) is 6.07 Å². The summed E-state index contributed by atoms with van der Waals surface area (Å²) in [6, 6.07) is 5.88. The van der Waals surface area contributed by atoms with Gasteiger partial charge in [0.1, 0.15) is 0 Å². The van der Waals surface area contributed by atoms with Crippen LogP contribution in [0.3, 0.4) is 0 Å². The molecular formula is C10H9ClOS. The standard InChI is InChI=1S/C10H9ClOS/c1-6-2-7(5-11)3-9-8(6)4-10(12)13-9/h2-4,12H,5H2,1H3. The summed E-state index contributed by atoms with van der Waals surface area (Å²) in [5.41, 5.74) is 2.28. The van der Waals surface area contributed by atoms with Gasteiger partial charge in [-0.1, -0.05) is 17.4 Å². The van der Waals surface area contributed by atoms with Gasteiger partial charge in [-0.05, 0) is 35.6 Å². The van der Waals surface area contributed by atoms with E-state index in [9.17, 15) is 5.11 Å². The van der Waals surface area contributed by atoms with Crippen LogP contribution in [0.25, 0.3) is 10.1 Å². The van der Waals surface area contributed by atoms with Crippen molar-refractivity contribution < 1.29 is 5.11 Å². The largest absolute Gasteiger partial charge is 0.499 e. The van der Waals surface area contributed by atoms with Gasteiger partial charge in [0.05, 0.1) is 0 Å². The summed E-state index contributed by atoms with van der Waals surface area (Å²) in [6.45, 7) is 2.03. The number of aryl methyl sites for hydroxylation is 1. The van der Waals surface area contributed by atoms with Crippen molar-refractivity contribution in [3.05, 3.63) is 29.3 Å². The van der Waals surface area contributed by atoms with Crippen LogP contribution in [-0.2, 0) is 5.88 Å². The van der Waals surface area contributed by atoms with Crippen molar-refractivity contribution in [2.75, 3.05) is 0 Å². The van der Waals surface area contributed by atoms with E-state index in [4.69, 9.17) is 11.6 Å². The van der Waals surface area contributed by atoms with E-state index in [1.165, 1.54) is 16.9 Å². The van der Waals surface area contributed by atoms with Crippen molar-refractivity contribution in [2.45, 2.75) is 12.8 Å². The van der Waals surface area contributed by atoms with E-state index in [0.717, 1.165) is 15.6 Å². The topological polar surface area (TPSA) is 20.2 Å². The molecule has 0 atom stereocenters. The molecule has 2 aromatic rings. The fourth-order valence-corrected chi connectivity index (χ4v) is 2.55. The highest BCUT2D eigenvalue weighted by Gasteiger charge is 2.04. The number of fused-ring (bicyclic) bond motifs is 1. The van der Waals surface area contributed by atoms with Crippen LogP contribution >= 0.6 is 22.9 Å². The molecule has 0 radical (unpaired) electrons. The predicted octanol–water partition coefficient (Wildman–Crippen LogP) is 3.65. The summed E-state index contributed by atoms with van der Waals surface area (Å²) < 4.78 is 1.10. The van der Waals surface area contributed by atoms with Crippen molar-refractivity contribution in [3.63, 3.8) is 0 Å². The average molecular weight is 213 g/mol. The number of thiophene rings is 1. The van der Waals surface area contributed by atoms with Crippen LogP contribution in [0.4, 0.5) is 0 Å². The highest BCUT2D eigenvalue weighted by molar-refractivity contribution is 7.20. The van der Waals surface area contributed by atoms with Crippen molar-refractivity contribution in [1.29, 1.82) is 0 Å². The second-order valence-corrected chi connectivity index (χ2v) is 4.37. The molecule has 3 heteroatoms. The van der Waals surface area contributed by atoms with Crippen molar-refractivity contribution >= 4 is 33.0 Å². The van der Waals surface area contributed by atoms with Gasteiger partial charge in [0.2, 0.25) is 0 Å². The van der Waals surface area contributed by atoms with Crippen molar-refractivity contribution in [1.82, 2.24) is 0 Å². The zero-order valence-electron chi connectivity index (χ0n) is 7.17. The second kappa shape index (κ2) is 3.20. The maximum atomic E-state index is 9.33. The lowest BCUT2D eigenvalue weighted by Crippen LogP contribution is -1.79. The Morgan fingerprint density at radius 1 is 1.38 bits per heavy atom. The molecule has 0 unspecified atom stereocenters. The molecule has 0 aliphatic rings. The first-order valence-corrected chi connectivity index (χ1v) is 5.34. The molecule has 1 N–H and O–H groups in total. The molecule has 1 aromatic heterocycles. The smallest absolute Gasteiger partial charge is 0.172 e. The van der Waals surface area contributed by atoms with Gasteiger partial charge in [-0.25, -0.2) is 0 Å². The van der Waals surface area contributed by atoms with Crippen LogP contribution in [0.5, 0.6) is 5.06 Å². The fourth-order valence-electron chi connectivity index (χ4n) is 1.45. The summed E-state index contributed by atoms with van der Waals surface area (Å²) in [6.07, 6.45) is 0. The SMILES string of the molecule is Cc1cc(CCl)cc2sc(O)cc12. The predicted molar refractivity (Wildman–Crippen MR) is 57.8 cm³/mol. The van der Waals surface area contributed by atoms with E-state index in [0.29, 0.717) is 10.9 Å². The van der Waals surface area contributed by atoms with Gasteiger partial charge in [-0.2, -0.15) is 0 Å². The minimum Gasteiger partial charge on any atom is -0.499 e. The molecule has 1 nitrogen and oxygen atoms in total. The molecular weight excluding hydrogens is 204 g/mol. The third kappa shape index (κ3) is 1.52. The number of rotatable bonds is 1. The molecule has 0 aliphatic carbocycles. The number of hydrogen-bond donors (Lipinski definition) is 1. The van der Waals surface area contributed by atoms with Gasteiger partial charge in [0, 0.05) is 10.6 Å². The van der Waals surface area contributed by atoms with E-state index >= 15 is 0 Å². The molecule has 1 heterocycles. The Bertz CT molecular complexity index is 447. The van der Waals surface area contributed by atoms with Gasteiger partial charge >= 0.3 is 0 Å². The molecule has 0 amide bonds. The first-order chi connectivity index (χ1) is 6.20. The molecule has 0 bridgehead atoms. The minimum atomic E-state index is 0.366. The van der Waals surface area contributed by atoms with Gasteiger partial charge < -0.3 is 5.11 Å². The van der Waals surface area contributed by atoms with Gasteiger partial charge in [-0.15, -0.1) is 11.6 Å². The Labute approximate surface area is 85.6 Å². The lowest BCUT2D eigenvalue weighted by Gasteiger charge is -1.99. The monoisotopic (exact) mass is 212 g/mol. The van der Waals surface area contributed by atoms with Crippen LogP contribution in [0.15, 0.2) is 18.2 Å². The quantitative estimate of drug-likeness (QED) is 0.716. The Morgan fingerprint density at radius 2 is 2.15 bits per heavy atom. The average Bonchev–Trinajstić information content (AvgIpc) is 2.46. The van der Waals surface area contributed by atoms with Gasteiger partial charge in [0.15, 0.2) is 5.06 Å². The third-order valence-electron chi connectivity index (χ3n) is 2.05. The normalized spacial score (nSPS) is 10.9. The zero-order chi connectivity index (χ0) is 9.42. The molecule has 68 valence electrons. The van der Waals surface area contributed by atoms with Crippen LogP contribution in [-0.4, -0.2) is 5.11 Å². The number of halogens is 1. The number of hydrogen-bond acceptors (Lipinski definition) is 2. The molecule has 0 spiro atoms. The summed E-state index contributed by atoms with van der Waals surface area (Å²) >= 11 is 7.14. The summed E-state index contributed by atoms with van der Waals surface area (Å²) in [5, 5.41) is 10.8. The van der Waals surface area contributed by atoms with Crippen molar-refractivity contribution in [2.24, 2.45) is 0 Å². The Kier molecular flexibility index (Phi) is 2.18. The van der Waals surface area contributed by atoms with E-state index in [1.807, 2.05) is 13.0 Å². The lowest BCUT2D eigenvalue weighted by atomic mass is 10.1. The van der Waals surface area contributed by atoms with Crippen LogP contribution in [0, 0.1) is 6.92 Å². The van der Waals surface area contributed by atoms with Gasteiger partial charge in [0.25, 0.3) is 0 Å². The molecule has 0 saturated heterocycles. The minimum absolute atomic E-state index is 0.366. The van der Waals surface area contributed by atoms with Crippen LogP contribution in [0.1, 0.15) is 11.1 Å². The van der Waals surface area contributed by atoms with Crippen LogP contribution in [0.2, 0.25) is 0 Å². The summed E-state index contributed by atoms with van der Waals surface area (Å²) in [5.74, 6) is 0.523. The number of aromatic hydroxyl groups is 1. The van der Waals surface area contributed by atoms with E-state index < -0.39 is 0 Å². The fraction of sp³-hybridized carbons (Fsp3) is 0.200. The maximum absolute atomic E-state index is 9.33. The van der Waals surface area contributed by atoms with Crippen LogP contribution < -0.4 is 0 Å². The maximum Gasteiger partial charge on any atom is 0.172 e. The second-order valence-electron chi connectivity index (χ2n) is 3.04. The molecule has 0 saturated carbocycles. The number of alkyl halides is 1. The zero-order valence-corrected chi connectivity index (χ0v) is 8.75.